The third-order valence-corrected chi connectivity index (χ3v) is 4.25. The van der Waals surface area contributed by atoms with Crippen LogP contribution < -0.4 is 11.1 Å². The second-order valence-corrected chi connectivity index (χ2v) is 6.79. The molecule has 0 radical (unpaired) electrons. The minimum Gasteiger partial charge on any atom is -0.375 e. The molecule has 0 atom stereocenters. The number of amides is 1. The van der Waals surface area contributed by atoms with Crippen molar-refractivity contribution in [3.63, 3.8) is 0 Å². The third kappa shape index (κ3) is 22.7. The quantitative estimate of drug-likeness (QED) is 0.317. The Balaban J connectivity index is 0.000000972. The van der Waals surface area contributed by atoms with Crippen LogP contribution in [-0.2, 0) is 4.79 Å². The van der Waals surface area contributed by atoms with E-state index >= 15 is 0 Å². The molecule has 0 unspecified atom stereocenters. The summed E-state index contributed by atoms with van der Waals surface area (Å²) in [5.74, 6) is -0.164. The number of primary amides is 1. The summed E-state index contributed by atoms with van der Waals surface area (Å²) >= 11 is 0. The first-order valence-electron chi connectivity index (χ1n) is 10.4. The van der Waals surface area contributed by atoms with E-state index in [0.717, 1.165) is 25.9 Å². The fourth-order valence-corrected chi connectivity index (χ4v) is 2.69. The van der Waals surface area contributed by atoms with Gasteiger partial charge in [-0.1, -0.05) is 70.4 Å². The van der Waals surface area contributed by atoms with Crippen LogP contribution in [0.25, 0.3) is 0 Å². The van der Waals surface area contributed by atoms with Crippen molar-refractivity contribution in [2.24, 2.45) is 10.7 Å². The molecule has 1 amide bonds. The Labute approximate surface area is 155 Å². The molecule has 0 spiro atoms. The number of nitrogens with one attached hydrogen (secondary N) is 1. The average molecular weight is 352 g/mol. The highest BCUT2D eigenvalue weighted by atomic mass is 16.1. The van der Waals surface area contributed by atoms with Crippen molar-refractivity contribution in [3.05, 3.63) is 12.2 Å². The largest absolute Gasteiger partial charge is 0.375 e. The van der Waals surface area contributed by atoms with Crippen LogP contribution in [0.1, 0.15) is 96.8 Å². The summed E-state index contributed by atoms with van der Waals surface area (Å²) in [4.78, 5) is 14.4. The summed E-state index contributed by atoms with van der Waals surface area (Å²) in [6, 6.07) is 0. The lowest BCUT2D eigenvalue weighted by Crippen LogP contribution is -2.09. The minimum absolute atomic E-state index is 0.164. The van der Waals surface area contributed by atoms with Crippen LogP contribution in [0.2, 0.25) is 0 Å². The van der Waals surface area contributed by atoms with E-state index in [4.69, 9.17) is 5.73 Å². The Bertz CT molecular complexity index is 334. The second kappa shape index (κ2) is 20.7. The van der Waals surface area contributed by atoms with E-state index in [1.165, 1.54) is 70.6 Å². The summed E-state index contributed by atoms with van der Waals surface area (Å²) in [6.07, 6.45) is 23.7. The maximum Gasteiger partial charge on any atom is 0.217 e. The average Bonchev–Trinajstić information content (AvgIpc) is 3.18. The molecule has 3 N–H and O–H groups in total. The van der Waals surface area contributed by atoms with Crippen molar-refractivity contribution in [3.8, 4) is 0 Å². The van der Waals surface area contributed by atoms with E-state index in [-0.39, 0.29) is 5.91 Å². The van der Waals surface area contributed by atoms with Gasteiger partial charge in [-0.25, -0.2) is 0 Å². The van der Waals surface area contributed by atoms with Crippen LogP contribution >= 0.6 is 0 Å². The van der Waals surface area contributed by atoms with Crippen molar-refractivity contribution in [1.29, 1.82) is 0 Å². The van der Waals surface area contributed by atoms with Gasteiger partial charge in [0.25, 0.3) is 0 Å². The molecule has 146 valence electrons. The maximum absolute atomic E-state index is 10.5. The molecule has 1 aliphatic rings. The van der Waals surface area contributed by atoms with Gasteiger partial charge in [0.1, 0.15) is 0 Å². The van der Waals surface area contributed by atoms with Crippen LogP contribution in [0.15, 0.2) is 17.1 Å². The van der Waals surface area contributed by atoms with Gasteiger partial charge >= 0.3 is 0 Å². The number of rotatable bonds is 15. The van der Waals surface area contributed by atoms with Crippen molar-refractivity contribution in [2.45, 2.75) is 96.8 Å². The zero-order chi connectivity index (χ0) is 18.4. The Hall–Kier alpha value is -1.32. The molecule has 0 saturated carbocycles. The fourth-order valence-electron chi connectivity index (χ4n) is 2.69. The molecule has 0 fully saturated rings. The fraction of sp³-hybridized carbons (Fsp3) is 0.810. The van der Waals surface area contributed by atoms with Gasteiger partial charge in [-0.05, 0) is 32.1 Å². The highest BCUT2D eigenvalue weighted by Gasteiger charge is 1.94. The number of hydrogen-bond acceptors (Lipinski definition) is 3. The van der Waals surface area contributed by atoms with Crippen molar-refractivity contribution >= 4 is 12.2 Å². The monoisotopic (exact) mass is 351 g/mol. The second-order valence-electron chi connectivity index (χ2n) is 6.79. The first kappa shape index (κ1) is 23.7. The molecule has 4 nitrogen and oxygen atoms in total. The highest BCUT2D eigenvalue weighted by Crippen LogP contribution is 2.09. The number of nitrogens with two attached hydrogens (primary N) is 1. The number of nitrogens with zero attached hydrogens (tertiary/aromatic N) is 1. The number of carbonyl (C=O) groups is 1. The number of hydrogen-bond donors (Lipinski definition) is 2. The van der Waals surface area contributed by atoms with E-state index in [1.54, 1.807) is 6.34 Å². The lowest BCUT2D eigenvalue weighted by molar-refractivity contribution is -0.118. The Morgan fingerprint density at radius 3 is 1.96 bits per heavy atom. The molecule has 0 aromatic heterocycles. The van der Waals surface area contributed by atoms with Gasteiger partial charge in [-0.3, -0.25) is 9.79 Å². The molecule has 1 aliphatic heterocycles. The van der Waals surface area contributed by atoms with E-state index in [1.807, 2.05) is 0 Å². The van der Waals surface area contributed by atoms with Crippen molar-refractivity contribution in [1.82, 2.24) is 5.32 Å². The third-order valence-electron chi connectivity index (χ3n) is 4.25. The number of carbonyl (C=O) groups excluding carboxylic acids is 1. The topological polar surface area (TPSA) is 67.5 Å². The van der Waals surface area contributed by atoms with Gasteiger partial charge in [0, 0.05) is 13.0 Å². The van der Waals surface area contributed by atoms with Crippen molar-refractivity contribution < 1.29 is 4.79 Å². The zero-order valence-corrected chi connectivity index (χ0v) is 16.5. The molecule has 4 heteroatoms. The summed E-state index contributed by atoms with van der Waals surface area (Å²) < 4.78 is 0. The van der Waals surface area contributed by atoms with E-state index < -0.39 is 0 Å². The molecule has 1 rings (SSSR count). The van der Waals surface area contributed by atoms with Crippen molar-refractivity contribution in [2.75, 3.05) is 13.1 Å². The molecule has 1 heterocycles. The van der Waals surface area contributed by atoms with Crippen LogP contribution in [-0.4, -0.2) is 25.3 Å². The summed E-state index contributed by atoms with van der Waals surface area (Å²) in [5.41, 5.74) is 5.10. The van der Waals surface area contributed by atoms with Gasteiger partial charge in [0.05, 0.1) is 12.9 Å². The number of aliphatic imine (C=N–C) groups is 1. The molecule has 0 aromatic rings. The van der Waals surface area contributed by atoms with Crippen LogP contribution in [0.3, 0.4) is 0 Å². The zero-order valence-electron chi connectivity index (χ0n) is 16.5. The molecule has 0 bridgehead atoms. The first-order valence-corrected chi connectivity index (χ1v) is 10.4. The Morgan fingerprint density at radius 2 is 1.52 bits per heavy atom. The summed E-state index contributed by atoms with van der Waals surface area (Å²) in [5, 5.41) is 2.93. The lowest BCUT2D eigenvalue weighted by Gasteiger charge is -1.99. The van der Waals surface area contributed by atoms with Gasteiger partial charge in [0.15, 0.2) is 0 Å². The van der Waals surface area contributed by atoms with Gasteiger partial charge in [-0.15, -0.1) is 0 Å². The summed E-state index contributed by atoms with van der Waals surface area (Å²) in [6.45, 7) is 4.25. The van der Waals surface area contributed by atoms with Crippen LogP contribution in [0.4, 0.5) is 0 Å². The molecule has 25 heavy (non-hydrogen) atoms. The molecule has 0 aliphatic carbocycles. The smallest absolute Gasteiger partial charge is 0.217 e. The highest BCUT2D eigenvalue weighted by molar-refractivity contribution is 5.73. The SMILES string of the molecule is C1=NCCN1.CCCCCCCCC=CCCCCCCCC(N)=O. The minimum atomic E-state index is -0.164. The Kier molecular flexibility index (Phi) is 19.6. The molecule has 0 saturated heterocycles. The van der Waals surface area contributed by atoms with E-state index in [0.29, 0.717) is 6.42 Å². The van der Waals surface area contributed by atoms with Gasteiger partial charge in [0.2, 0.25) is 5.91 Å². The molecular formula is C21H41N3O. The maximum atomic E-state index is 10.5. The normalized spacial score (nSPS) is 12.8. The van der Waals surface area contributed by atoms with E-state index in [2.05, 4.69) is 29.4 Å². The molecular weight excluding hydrogens is 310 g/mol. The van der Waals surface area contributed by atoms with Crippen LogP contribution in [0.5, 0.6) is 0 Å². The summed E-state index contributed by atoms with van der Waals surface area (Å²) in [7, 11) is 0. The predicted molar refractivity (Wildman–Crippen MR) is 110 cm³/mol. The standard InChI is InChI=1S/C18H35NO.C3H6N2/c1-2-3-4-5-6-7-8-9-10-11-12-13-14-15-16-17-18(19)20;1-2-5-3-4-1/h9-10H,2-8,11-17H2,1H3,(H2,19,20);3H,1-2H2,(H,4,5). The Morgan fingerprint density at radius 1 is 0.960 bits per heavy atom. The predicted octanol–water partition coefficient (Wildman–Crippen LogP) is 5.13. The number of allylic oxidation sites excluding steroid dienone is 2. The van der Waals surface area contributed by atoms with Gasteiger partial charge in [-0.2, -0.15) is 0 Å². The lowest BCUT2D eigenvalue weighted by atomic mass is 10.1. The van der Waals surface area contributed by atoms with E-state index in [9.17, 15) is 4.79 Å². The van der Waals surface area contributed by atoms with Crippen LogP contribution in [0, 0.1) is 0 Å². The number of unbranched alkanes of at least 4 members (excludes halogenated alkanes) is 11. The first-order chi connectivity index (χ1) is 12.3. The molecule has 0 aromatic carbocycles. The van der Waals surface area contributed by atoms with Gasteiger partial charge < -0.3 is 11.1 Å².